The number of terminal acetylenes is 1. The Bertz CT molecular complexity index is 1850. The first-order chi connectivity index (χ1) is 23.0. The lowest BCUT2D eigenvalue weighted by atomic mass is 9.92. The van der Waals surface area contributed by atoms with Gasteiger partial charge in [-0.05, 0) is 97.1 Å². The van der Waals surface area contributed by atoms with Crippen molar-refractivity contribution in [1.29, 1.82) is 0 Å². The van der Waals surface area contributed by atoms with Gasteiger partial charge in [-0.25, -0.2) is 19.2 Å². The third-order valence-corrected chi connectivity index (χ3v) is 8.08. The van der Waals surface area contributed by atoms with Gasteiger partial charge in [0.2, 0.25) is 18.0 Å². The monoisotopic (exact) mass is 726 g/mol. The minimum atomic E-state index is -2.32. The molecule has 0 amide bonds. The number of esters is 4. The lowest BCUT2D eigenvalue weighted by molar-refractivity contribution is -0.141. The van der Waals surface area contributed by atoms with Gasteiger partial charge in [0, 0.05) is 20.1 Å². The van der Waals surface area contributed by atoms with Crippen molar-refractivity contribution in [3.8, 4) is 12.3 Å². The number of hydrogen-bond donors (Lipinski definition) is 0. The summed E-state index contributed by atoms with van der Waals surface area (Å²) in [4.78, 5) is 53.1. The highest BCUT2D eigenvalue weighted by Crippen LogP contribution is 2.39. The summed E-state index contributed by atoms with van der Waals surface area (Å²) in [5.74, 6) is -1.28. The third kappa shape index (κ3) is 7.93. The van der Waals surface area contributed by atoms with Gasteiger partial charge in [-0.1, -0.05) is 52.3 Å². The molecule has 48 heavy (non-hydrogen) atoms. The van der Waals surface area contributed by atoms with E-state index in [0.717, 1.165) is 0 Å². The standard InChI is InChI=1S/C35H22Cl4O9/c1-2-35(48-33(43)23-9-17-27(39)18-10-23)28(19-44-30(40)20-3-11-24(36)12-4-20)45-34(47-32(42)22-7-15-26(38)16-8-22)29(35)46-31(41)21-5-13-25(37)14-6-21/h1,3-18,28-29,34H,19H2/t28-,29+,34?,35-/m1/s1. The van der Waals surface area contributed by atoms with E-state index in [2.05, 4.69) is 5.92 Å². The molecule has 0 aliphatic carbocycles. The molecular weight excluding hydrogens is 706 g/mol. The zero-order valence-corrected chi connectivity index (χ0v) is 27.5. The van der Waals surface area contributed by atoms with E-state index < -0.39 is 54.6 Å². The summed E-state index contributed by atoms with van der Waals surface area (Å²) in [6.45, 7) is -0.635. The molecule has 0 N–H and O–H groups in total. The van der Waals surface area contributed by atoms with Crippen LogP contribution in [0.4, 0.5) is 0 Å². The van der Waals surface area contributed by atoms with Crippen molar-refractivity contribution in [2.45, 2.75) is 24.1 Å². The number of ether oxygens (including phenoxy) is 5. The van der Waals surface area contributed by atoms with E-state index in [-0.39, 0.29) is 22.3 Å². The Kier molecular flexibility index (Phi) is 10.9. The van der Waals surface area contributed by atoms with Crippen LogP contribution in [0.1, 0.15) is 41.4 Å². The summed E-state index contributed by atoms with van der Waals surface area (Å²) >= 11 is 23.9. The van der Waals surface area contributed by atoms with Crippen LogP contribution in [0, 0.1) is 12.3 Å². The molecule has 0 saturated carbocycles. The van der Waals surface area contributed by atoms with Crippen LogP contribution in [0.25, 0.3) is 0 Å². The van der Waals surface area contributed by atoms with Crippen LogP contribution in [-0.4, -0.2) is 54.6 Å². The van der Waals surface area contributed by atoms with E-state index in [9.17, 15) is 19.2 Å². The molecule has 1 unspecified atom stereocenters. The third-order valence-electron chi connectivity index (χ3n) is 7.08. The SMILES string of the molecule is C#C[C@@]1(OC(=O)c2ccc(Cl)cc2)[C@@H](COC(=O)c2ccc(Cl)cc2)OC(OC(=O)c2ccc(Cl)cc2)[C@@H]1OC(=O)c1ccc(Cl)cc1. The van der Waals surface area contributed by atoms with E-state index in [0.29, 0.717) is 20.1 Å². The zero-order valence-electron chi connectivity index (χ0n) is 24.4. The number of rotatable bonds is 9. The van der Waals surface area contributed by atoms with Gasteiger partial charge < -0.3 is 23.7 Å². The molecule has 4 atom stereocenters. The van der Waals surface area contributed by atoms with Gasteiger partial charge in [0.05, 0.1) is 22.3 Å². The van der Waals surface area contributed by atoms with Gasteiger partial charge in [0.1, 0.15) is 6.61 Å². The predicted octanol–water partition coefficient (Wildman–Crippen LogP) is 7.49. The van der Waals surface area contributed by atoms with Gasteiger partial charge in [0.15, 0.2) is 6.10 Å². The fourth-order valence-corrected chi connectivity index (χ4v) is 5.10. The van der Waals surface area contributed by atoms with Crippen LogP contribution in [0.5, 0.6) is 0 Å². The highest BCUT2D eigenvalue weighted by Gasteiger charge is 2.63. The largest absolute Gasteiger partial charge is 0.459 e. The molecule has 0 bridgehead atoms. The van der Waals surface area contributed by atoms with Crippen LogP contribution in [0.3, 0.4) is 0 Å². The molecule has 1 heterocycles. The van der Waals surface area contributed by atoms with E-state index in [1.165, 1.54) is 97.1 Å². The number of benzene rings is 4. The molecule has 0 aromatic heterocycles. The molecule has 0 spiro atoms. The summed E-state index contributed by atoms with van der Waals surface area (Å²) in [7, 11) is 0. The Morgan fingerprint density at radius 3 is 1.40 bits per heavy atom. The number of hydrogen-bond acceptors (Lipinski definition) is 9. The summed E-state index contributed by atoms with van der Waals surface area (Å²) in [5.41, 5.74) is -2.06. The Labute approximate surface area is 294 Å². The summed E-state index contributed by atoms with van der Waals surface area (Å²) in [6.07, 6.45) is 0.969. The number of halogens is 4. The first kappa shape index (κ1) is 34.8. The Morgan fingerprint density at radius 2 is 0.979 bits per heavy atom. The average molecular weight is 728 g/mol. The molecule has 1 aliphatic rings. The maximum absolute atomic E-state index is 13.5. The Balaban J connectivity index is 1.53. The van der Waals surface area contributed by atoms with Crippen molar-refractivity contribution in [2.24, 2.45) is 0 Å². The van der Waals surface area contributed by atoms with Crippen LogP contribution in [-0.2, 0) is 23.7 Å². The van der Waals surface area contributed by atoms with Crippen molar-refractivity contribution < 1.29 is 42.9 Å². The maximum Gasteiger partial charge on any atom is 0.340 e. The normalized spacial score (nSPS) is 19.9. The number of carbonyl (C=O) groups excluding carboxylic acids is 4. The quantitative estimate of drug-likeness (QED) is 0.0983. The lowest BCUT2D eigenvalue weighted by Crippen LogP contribution is -2.54. The van der Waals surface area contributed by atoms with Gasteiger partial charge >= 0.3 is 23.9 Å². The maximum atomic E-state index is 13.5. The first-order valence-corrected chi connectivity index (χ1v) is 15.5. The fraction of sp³-hybridized carbons (Fsp3) is 0.143. The summed E-state index contributed by atoms with van der Waals surface area (Å²) in [6, 6.07) is 22.9. The summed E-state index contributed by atoms with van der Waals surface area (Å²) < 4.78 is 28.8. The fourth-order valence-electron chi connectivity index (χ4n) is 4.59. The molecule has 5 rings (SSSR count). The van der Waals surface area contributed by atoms with Crippen LogP contribution in [0.15, 0.2) is 97.1 Å². The van der Waals surface area contributed by atoms with E-state index in [1.807, 2.05) is 0 Å². The molecule has 1 aliphatic heterocycles. The van der Waals surface area contributed by atoms with Crippen molar-refractivity contribution in [3.63, 3.8) is 0 Å². The molecule has 4 aromatic rings. The Hall–Kier alpha value is -4.56. The topological polar surface area (TPSA) is 114 Å². The van der Waals surface area contributed by atoms with E-state index in [1.54, 1.807) is 0 Å². The minimum Gasteiger partial charge on any atom is -0.459 e. The van der Waals surface area contributed by atoms with Crippen LogP contribution in [0.2, 0.25) is 20.1 Å². The first-order valence-electron chi connectivity index (χ1n) is 14.0. The van der Waals surface area contributed by atoms with Crippen molar-refractivity contribution in [1.82, 2.24) is 0 Å². The predicted molar refractivity (Wildman–Crippen MR) is 176 cm³/mol. The van der Waals surface area contributed by atoms with Crippen molar-refractivity contribution >= 4 is 70.3 Å². The smallest absolute Gasteiger partial charge is 0.340 e. The molecule has 244 valence electrons. The zero-order chi connectivity index (χ0) is 34.4. The van der Waals surface area contributed by atoms with Crippen molar-refractivity contribution in [2.75, 3.05) is 6.61 Å². The second-order valence-electron chi connectivity index (χ2n) is 10.2. The van der Waals surface area contributed by atoms with E-state index >= 15 is 0 Å². The second-order valence-corrected chi connectivity index (χ2v) is 11.9. The van der Waals surface area contributed by atoms with E-state index in [4.69, 9.17) is 76.5 Å². The molecule has 4 aromatic carbocycles. The molecule has 1 fully saturated rings. The van der Waals surface area contributed by atoms with Crippen molar-refractivity contribution in [3.05, 3.63) is 139 Å². The number of carbonyl (C=O) groups is 4. The van der Waals surface area contributed by atoms with Gasteiger partial charge in [-0.2, -0.15) is 0 Å². The summed E-state index contributed by atoms with van der Waals surface area (Å²) in [5, 5.41) is 1.45. The Morgan fingerprint density at radius 1 is 0.604 bits per heavy atom. The molecule has 13 heteroatoms. The van der Waals surface area contributed by atoms with Gasteiger partial charge in [-0.3, -0.25) is 0 Å². The second kappa shape index (κ2) is 15.1. The highest BCUT2D eigenvalue weighted by molar-refractivity contribution is 6.31. The molecule has 1 saturated heterocycles. The highest BCUT2D eigenvalue weighted by atomic mass is 35.5. The lowest BCUT2D eigenvalue weighted by Gasteiger charge is -2.32. The molecular formula is C35H22Cl4O9. The van der Waals surface area contributed by atoms with Crippen LogP contribution < -0.4 is 0 Å². The molecule has 9 nitrogen and oxygen atoms in total. The average Bonchev–Trinajstić information content (AvgIpc) is 3.35. The molecule has 0 radical (unpaired) electrons. The van der Waals surface area contributed by atoms with Gasteiger partial charge in [-0.15, -0.1) is 6.42 Å². The van der Waals surface area contributed by atoms with Gasteiger partial charge in [0.25, 0.3) is 0 Å². The minimum absolute atomic E-state index is 0.0234. The van der Waals surface area contributed by atoms with Crippen LogP contribution >= 0.6 is 46.4 Å².